The van der Waals surface area contributed by atoms with Gasteiger partial charge in [0.05, 0.1) is 41.1 Å². The number of methoxy groups -OCH3 is 5. The van der Waals surface area contributed by atoms with Gasteiger partial charge >= 0.3 is 0 Å². The van der Waals surface area contributed by atoms with E-state index in [1.807, 2.05) is 42.5 Å². The number of rotatable bonds is 6. The standard InChI is InChI=1S/C21H22O5/c1-22-13-10-18(24-3)20(19(11-13)25-4)16-12-17(23-2)14-8-6-7-9-15(14)21(16)26-5/h6-12H,1-5H3. The van der Waals surface area contributed by atoms with E-state index in [-0.39, 0.29) is 0 Å². The number of hydrogen-bond acceptors (Lipinski definition) is 5. The van der Waals surface area contributed by atoms with Gasteiger partial charge in [0.2, 0.25) is 0 Å². The molecule has 0 N–H and O–H groups in total. The molecule has 136 valence electrons. The minimum atomic E-state index is 0.622. The highest BCUT2D eigenvalue weighted by atomic mass is 16.5. The molecule has 3 rings (SSSR count). The van der Waals surface area contributed by atoms with E-state index < -0.39 is 0 Å². The molecule has 0 bridgehead atoms. The average Bonchev–Trinajstić information content (AvgIpc) is 2.71. The van der Waals surface area contributed by atoms with Crippen LogP contribution in [0, 0.1) is 0 Å². The lowest BCUT2D eigenvalue weighted by Crippen LogP contribution is -1.98. The van der Waals surface area contributed by atoms with E-state index in [1.165, 1.54) is 0 Å². The molecule has 0 saturated carbocycles. The molecule has 0 radical (unpaired) electrons. The quantitative estimate of drug-likeness (QED) is 0.650. The Bertz CT molecular complexity index is 908. The van der Waals surface area contributed by atoms with Crippen LogP contribution in [0.15, 0.2) is 42.5 Å². The van der Waals surface area contributed by atoms with E-state index in [4.69, 9.17) is 23.7 Å². The summed E-state index contributed by atoms with van der Waals surface area (Å²) in [5.74, 6) is 3.36. The Morgan fingerprint density at radius 1 is 0.577 bits per heavy atom. The summed E-state index contributed by atoms with van der Waals surface area (Å²) < 4.78 is 28.0. The molecule has 0 aliphatic carbocycles. The van der Waals surface area contributed by atoms with Crippen LogP contribution in [-0.4, -0.2) is 35.5 Å². The number of hydrogen-bond donors (Lipinski definition) is 0. The van der Waals surface area contributed by atoms with E-state index in [2.05, 4.69) is 0 Å². The predicted molar refractivity (Wildman–Crippen MR) is 102 cm³/mol. The summed E-state index contributed by atoms with van der Waals surface area (Å²) in [4.78, 5) is 0. The van der Waals surface area contributed by atoms with Crippen LogP contribution in [0.5, 0.6) is 28.7 Å². The van der Waals surface area contributed by atoms with Crippen molar-refractivity contribution in [2.75, 3.05) is 35.5 Å². The van der Waals surface area contributed by atoms with Crippen LogP contribution in [0.1, 0.15) is 0 Å². The second-order valence-corrected chi connectivity index (χ2v) is 5.61. The predicted octanol–water partition coefficient (Wildman–Crippen LogP) is 4.55. The molecule has 0 aliphatic heterocycles. The fourth-order valence-corrected chi connectivity index (χ4v) is 3.16. The van der Waals surface area contributed by atoms with Crippen LogP contribution in [0.2, 0.25) is 0 Å². The molecule has 5 heteroatoms. The second kappa shape index (κ2) is 7.44. The fraction of sp³-hybridized carbons (Fsp3) is 0.238. The van der Waals surface area contributed by atoms with Crippen molar-refractivity contribution in [3.05, 3.63) is 42.5 Å². The molecular formula is C21H22O5. The van der Waals surface area contributed by atoms with Crippen LogP contribution < -0.4 is 23.7 Å². The normalized spacial score (nSPS) is 10.5. The molecule has 0 saturated heterocycles. The number of benzene rings is 3. The van der Waals surface area contributed by atoms with Crippen molar-refractivity contribution in [3.8, 4) is 39.9 Å². The number of ether oxygens (including phenoxy) is 5. The maximum absolute atomic E-state index is 5.77. The van der Waals surface area contributed by atoms with Gasteiger partial charge in [0.15, 0.2) is 0 Å². The lowest BCUT2D eigenvalue weighted by molar-refractivity contribution is 0.376. The van der Waals surface area contributed by atoms with Gasteiger partial charge < -0.3 is 23.7 Å². The van der Waals surface area contributed by atoms with Gasteiger partial charge in [-0.2, -0.15) is 0 Å². The van der Waals surface area contributed by atoms with Crippen molar-refractivity contribution in [1.82, 2.24) is 0 Å². The molecule has 0 aromatic heterocycles. The maximum atomic E-state index is 5.77. The van der Waals surface area contributed by atoms with E-state index in [1.54, 1.807) is 35.5 Å². The molecule has 5 nitrogen and oxygen atoms in total. The molecule has 0 amide bonds. The molecule has 26 heavy (non-hydrogen) atoms. The Balaban J connectivity index is 2.42. The molecular weight excluding hydrogens is 332 g/mol. The minimum Gasteiger partial charge on any atom is -0.496 e. The fourth-order valence-electron chi connectivity index (χ4n) is 3.16. The van der Waals surface area contributed by atoms with Crippen molar-refractivity contribution in [1.29, 1.82) is 0 Å². The van der Waals surface area contributed by atoms with Gasteiger partial charge in [0.25, 0.3) is 0 Å². The zero-order valence-electron chi connectivity index (χ0n) is 15.6. The summed E-state index contributed by atoms with van der Waals surface area (Å²) >= 11 is 0. The van der Waals surface area contributed by atoms with E-state index >= 15 is 0 Å². The van der Waals surface area contributed by atoms with E-state index in [0.29, 0.717) is 17.2 Å². The smallest absolute Gasteiger partial charge is 0.135 e. The highest BCUT2D eigenvalue weighted by molar-refractivity contribution is 6.01. The summed E-state index contributed by atoms with van der Waals surface area (Å²) in [6.45, 7) is 0. The monoisotopic (exact) mass is 354 g/mol. The van der Waals surface area contributed by atoms with Gasteiger partial charge in [-0.15, -0.1) is 0 Å². The molecule has 0 heterocycles. The largest absolute Gasteiger partial charge is 0.496 e. The van der Waals surface area contributed by atoms with Crippen molar-refractivity contribution >= 4 is 10.8 Å². The molecule has 3 aromatic rings. The molecule has 0 atom stereocenters. The van der Waals surface area contributed by atoms with Gasteiger partial charge in [-0.1, -0.05) is 24.3 Å². The Kier molecular flexibility index (Phi) is 5.07. The van der Waals surface area contributed by atoms with Crippen LogP contribution in [-0.2, 0) is 0 Å². The van der Waals surface area contributed by atoms with Crippen LogP contribution in [0.3, 0.4) is 0 Å². The highest BCUT2D eigenvalue weighted by Gasteiger charge is 2.22. The number of fused-ring (bicyclic) bond motifs is 1. The SMILES string of the molecule is COc1cc(OC)c(-c2cc(OC)c3ccccc3c2OC)c(OC)c1. The van der Waals surface area contributed by atoms with Crippen molar-refractivity contribution in [2.45, 2.75) is 0 Å². The first kappa shape index (κ1) is 17.7. The molecule has 3 aromatic carbocycles. The highest BCUT2D eigenvalue weighted by Crippen LogP contribution is 2.49. The zero-order chi connectivity index (χ0) is 18.7. The Labute approximate surface area is 153 Å². The third-order valence-electron chi connectivity index (χ3n) is 4.37. The Hall–Kier alpha value is -3.08. The van der Waals surface area contributed by atoms with Crippen LogP contribution in [0.25, 0.3) is 21.9 Å². The summed E-state index contributed by atoms with van der Waals surface area (Å²) in [6, 6.07) is 13.5. The first-order valence-corrected chi connectivity index (χ1v) is 8.12. The van der Waals surface area contributed by atoms with Gasteiger partial charge in [0, 0.05) is 28.5 Å². The van der Waals surface area contributed by atoms with E-state index in [9.17, 15) is 0 Å². The second-order valence-electron chi connectivity index (χ2n) is 5.61. The van der Waals surface area contributed by atoms with Gasteiger partial charge in [-0.05, 0) is 6.07 Å². The van der Waals surface area contributed by atoms with E-state index in [0.717, 1.165) is 33.4 Å². The van der Waals surface area contributed by atoms with Gasteiger partial charge in [-0.3, -0.25) is 0 Å². The third kappa shape index (κ3) is 2.86. The first-order valence-electron chi connectivity index (χ1n) is 8.12. The summed E-state index contributed by atoms with van der Waals surface area (Å²) in [5.41, 5.74) is 1.59. The maximum Gasteiger partial charge on any atom is 0.135 e. The zero-order valence-corrected chi connectivity index (χ0v) is 15.6. The van der Waals surface area contributed by atoms with Gasteiger partial charge in [-0.25, -0.2) is 0 Å². The first-order chi connectivity index (χ1) is 12.7. The lowest BCUT2D eigenvalue weighted by atomic mass is 9.97. The summed E-state index contributed by atoms with van der Waals surface area (Å²) in [7, 11) is 8.14. The summed E-state index contributed by atoms with van der Waals surface area (Å²) in [5, 5.41) is 1.92. The van der Waals surface area contributed by atoms with Crippen LogP contribution in [0.4, 0.5) is 0 Å². The average molecular weight is 354 g/mol. The Morgan fingerprint density at radius 2 is 1.15 bits per heavy atom. The minimum absolute atomic E-state index is 0.622. The molecule has 0 aliphatic rings. The van der Waals surface area contributed by atoms with Crippen molar-refractivity contribution in [3.63, 3.8) is 0 Å². The molecule has 0 fully saturated rings. The topological polar surface area (TPSA) is 46.2 Å². The molecule has 0 spiro atoms. The Morgan fingerprint density at radius 3 is 1.65 bits per heavy atom. The lowest BCUT2D eigenvalue weighted by Gasteiger charge is -2.19. The van der Waals surface area contributed by atoms with Crippen LogP contribution >= 0.6 is 0 Å². The summed E-state index contributed by atoms with van der Waals surface area (Å²) in [6.07, 6.45) is 0. The third-order valence-corrected chi connectivity index (χ3v) is 4.37. The molecule has 0 unspecified atom stereocenters. The van der Waals surface area contributed by atoms with Gasteiger partial charge in [0.1, 0.15) is 28.7 Å². The van der Waals surface area contributed by atoms with Crippen molar-refractivity contribution < 1.29 is 23.7 Å². The van der Waals surface area contributed by atoms with Crippen molar-refractivity contribution in [2.24, 2.45) is 0 Å².